The molecule has 1 heterocycles. The number of amides is 1. The molecule has 0 aliphatic rings. The van der Waals surface area contributed by atoms with Gasteiger partial charge in [-0.15, -0.1) is 0 Å². The number of hydrogen-bond acceptors (Lipinski definition) is 2. The summed E-state index contributed by atoms with van der Waals surface area (Å²) in [6, 6.07) is 9.49. The van der Waals surface area contributed by atoms with Crippen molar-refractivity contribution in [2.24, 2.45) is 0 Å². The van der Waals surface area contributed by atoms with Crippen molar-refractivity contribution in [1.29, 1.82) is 0 Å². The Kier molecular flexibility index (Phi) is 4.35. The first-order valence-electron chi connectivity index (χ1n) is 6.57. The average molecular weight is 270 g/mol. The van der Waals surface area contributed by atoms with Gasteiger partial charge in [0.05, 0.1) is 5.69 Å². The van der Waals surface area contributed by atoms with Crippen molar-refractivity contribution in [1.82, 2.24) is 4.57 Å². The van der Waals surface area contributed by atoms with Crippen LogP contribution in [0, 0.1) is 13.8 Å². The molecular weight excluding hydrogens is 252 g/mol. The molecule has 0 unspecified atom stereocenters. The molecule has 0 aliphatic carbocycles. The topological polar surface area (TPSA) is 51.1 Å². The number of carbonyl (C=O) groups excluding carboxylic acids is 2. The lowest BCUT2D eigenvalue weighted by atomic mass is 10.1. The molecule has 0 aliphatic heterocycles. The second-order valence-electron chi connectivity index (χ2n) is 4.86. The Morgan fingerprint density at radius 2 is 2.10 bits per heavy atom. The number of aldehydes is 1. The summed E-state index contributed by atoms with van der Waals surface area (Å²) in [6.07, 6.45) is 2.93. The van der Waals surface area contributed by atoms with Crippen LogP contribution in [0.15, 0.2) is 36.5 Å². The number of benzene rings is 1. The molecule has 104 valence electrons. The molecule has 4 heteroatoms. The largest absolute Gasteiger partial charge is 0.345 e. The lowest BCUT2D eigenvalue weighted by Crippen LogP contribution is -2.15. The zero-order chi connectivity index (χ0) is 14.5. The molecule has 0 bridgehead atoms. The van der Waals surface area contributed by atoms with Crippen molar-refractivity contribution < 1.29 is 9.59 Å². The van der Waals surface area contributed by atoms with Crippen molar-refractivity contribution in [2.75, 3.05) is 5.32 Å². The van der Waals surface area contributed by atoms with Gasteiger partial charge in [-0.25, -0.2) is 0 Å². The van der Waals surface area contributed by atoms with Gasteiger partial charge in [0.1, 0.15) is 0 Å². The summed E-state index contributed by atoms with van der Waals surface area (Å²) >= 11 is 0. The van der Waals surface area contributed by atoms with Crippen molar-refractivity contribution in [2.45, 2.75) is 26.8 Å². The maximum atomic E-state index is 12.0. The van der Waals surface area contributed by atoms with Crippen LogP contribution >= 0.6 is 0 Å². The summed E-state index contributed by atoms with van der Waals surface area (Å²) < 4.78 is 1.77. The monoisotopic (exact) mass is 270 g/mol. The molecule has 1 aromatic carbocycles. The fourth-order valence-electron chi connectivity index (χ4n) is 2.04. The molecule has 4 nitrogen and oxygen atoms in total. The van der Waals surface area contributed by atoms with Gasteiger partial charge in [-0.1, -0.05) is 12.1 Å². The molecule has 1 N–H and O–H groups in total. The Hall–Kier alpha value is -2.36. The van der Waals surface area contributed by atoms with Gasteiger partial charge in [0.2, 0.25) is 5.91 Å². The molecular formula is C16H18N2O2. The predicted octanol–water partition coefficient (Wildman–Crippen LogP) is 2.95. The van der Waals surface area contributed by atoms with Gasteiger partial charge in [0.25, 0.3) is 0 Å². The quantitative estimate of drug-likeness (QED) is 0.849. The Morgan fingerprint density at radius 1 is 1.30 bits per heavy atom. The fourth-order valence-corrected chi connectivity index (χ4v) is 2.04. The second kappa shape index (κ2) is 6.19. The normalized spacial score (nSPS) is 10.3. The molecule has 1 aromatic heterocycles. The van der Waals surface area contributed by atoms with Crippen molar-refractivity contribution in [3.63, 3.8) is 0 Å². The number of nitrogens with zero attached hydrogens (tertiary/aromatic N) is 1. The third-order valence-corrected chi connectivity index (χ3v) is 3.23. The lowest BCUT2D eigenvalue weighted by Gasteiger charge is -2.10. The van der Waals surface area contributed by atoms with E-state index in [1.54, 1.807) is 22.9 Å². The van der Waals surface area contributed by atoms with Gasteiger partial charge in [-0.05, 0) is 43.2 Å². The Balaban J connectivity index is 1.96. The summed E-state index contributed by atoms with van der Waals surface area (Å²) in [5, 5.41) is 2.91. The maximum absolute atomic E-state index is 12.0. The van der Waals surface area contributed by atoms with E-state index < -0.39 is 0 Å². The van der Waals surface area contributed by atoms with Crippen LogP contribution in [-0.4, -0.2) is 16.8 Å². The molecule has 0 spiro atoms. The smallest absolute Gasteiger partial charge is 0.226 e. The van der Waals surface area contributed by atoms with E-state index in [-0.39, 0.29) is 5.91 Å². The SMILES string of the molecule is Cc1ccc(C)c(NC(=O)CCn2cccc2C=O)c1. The number of hydrogen-bond donors (Lipinski definition) is 1. The van der Waals surface area contributed by atoms with E-state index in [2.05, 4.69) is 5.32 Å². The molecule has 20 heavy (non-hydrogen) atoms. The minimum Gasteiger partial charge on any atom is -0.345 e. The van der Waals surface area contributed by atoms with E-state index in [0.29, 0.717) is 18.7 Å². The van der Waals surface area contributed by atoms with Crippen LogP contribution < -0.4 is 5.32 Å². The van der Waals surface area contributed by atoms with Crippen LogP contribution in [0.3, 0.4) is 0 Å². The van der Waals surface area contributed by atoms with Gasteiger partial charge in [0.15, 0.2) is 6.29 Å². The Labute approximate surface area is 118 Å². The van der Waals surface area contributed by atoms with E-state index in [1.165, 1.54) is 0 Å². The van der Waals surface area contributed by atoms with Crippen molar-refractivity contribution in [3.05, 3.63) is 53.3 Å². The van der Waals surface area contributed by atoms with Crippen LogP contribution in [0.5, 0.6) is 0 Å². The maximum Gasteiger partial charge on any atom is 0.226 e. The van der Waals surface area contributed by atoms with Gasteiger partial charge < -0.3 is 9.88 Å². The fraction of sp³-hybridized carbons (Fsp3) is 0.250. The van der Waals surface area contributed by atoms with Crippen molar-refractivity contribution in [3.8, 4) is 0 Å². The number of rotatable bonds is 5. The third-order valence-electron chi connectivity index (χ3n) is 3.23. The Morgan fingerprint density at radius 3 is 2.85 bits per heavy atom. The first kappa shape index (κ1) is 14.1. The van der Waals surface area contributed by atoms with E-state index >= 15 is 0 Å². The number of carbonyl (C=O) groups is 2. The summed E-state index contributed by atoms with van der Waals surface area (Å²) in [6.45, 7) is 4.45. The predicted molar refractivity (Wildman–Crippen MR) is 79.0 cm³/mol. The molecule has 0 saturated carbocycles. The summed E-state index contributed by atoms with van der Waals surface area (Å²) in [4.78, 5) is 22.7. The number of aromatic nitrogens is 1. The number of anilines is 1. The third kappa shape index (κ3) is 3.35. The zero-order valence-corrected chi connectivity index (χ0v) is 11.7. The molecule has 0 radical (unpaired) electrons. The van der Waals surface area contributed by atoms with E-state index in [9.17, 15) is 9.59 Å². The lowest BCUT2D eigenvalue weighted by molar-refractivity contribution is -0.116. The van der Waals surface area contributed by atoms with Gasteiger partial charge in [0, 0.05) is 24.8 Å². The number of nitrogens with one attached hydrogen (secondary N) is 1. The number of aryl methyl sites for hydroxylation is 3. The van der Waals surface area contributed by atoms with Crippen LogP contribution in [0.1, 0.15) is 28.0 Å². The van der Waals surface area contributed by atoms with E-state index in [0.717, 1.165) is 23.1 Å². The molecule has 0 saturated heterocycles. The van der Waals surface area contributed by atoms with E-state index in [1.807, 2.05) is 32.0 Å². The van der Waals surface area contributed by atoms with Crippen LogP contribution in [0.25, 0.3) is 0 Å². The highest BCUT2D eigenvalue weighted by Crippen LogP contribution is 2.16. The van der Waals surface area contributed by atoms with Crippen molar-refractivity contribution >= 4 is 17.9 Å². The Bertz CT molecular complexity index is 629. The minimum atomic E-state index is -0.0516. The molecule has 0 fully saturated rings. The van der Waals surface area contributed by atoms with Crippen LogP contribution in [0.2, 0.25) is 0 Å². The standard InChI is InChI=1S/C16H18N2O2/c1-12-5-6-13(2)15(10-12)17-16(20)7-9-18-8-3-4-14(18)11-19/h3-6,8,10-11H,7,9H2,1-2H3,(H,17,20). The average Bonchev–Trinajstić information content (AvgIpc) is 2.88. The second-order valence-corrected chi connectivity index (χ2v) is 4.86. The summed E-state index contributed by atoms with van der Waals surface area (Å²) in [7, 11) is 0. The van der Waals surface area contributed by atoms with Crippen LogP contribution in [0.4, 0.5) is 5.69 Å². The van der Waals surface area contributed by atoms with Gasteiger partial charge in [-0.3, -0.25) is 9.59 Å². The van der Waals surface area contributed by atoms with E-state index in [4.69, 9.17) is 0 Å². The molecule has 2 rings (SSSR count). The molecule has 0 atom stereocenters. The summed E-state index contributed by atoms with van der Waals surface area (Å²) in [5.74, 6) is -0.0516. The van der Waals surface area contributed by atoms with Gasteiger partial charge in [-0.2, -0.15) is 0 Å². The first-order valence-corrected chi connectivity index (χ1v) is 6.57. The zero-order valence-electron chi connectivity index (χ0n) is 11.7. The summed E-state index contributed by atoms with van der Waals surface area (Å²) in [5.41, 5.74) is 3.58. The highest BCUT2D eigenvalue weighted by molar-refractivity contribution is 5.91. The van der Waals surface area contributed by atoms with Gasteiger partial charge >= 0.3 is 0 Å². The highest BCUT2D eigenvalue weighted by Gasteiger charge is 2.06. The molecule has 2 aromatic rings. The molecule has 1 amide bonds. The minimum absolute atomic E-state index is 0.0516. The highest BCUT2D eigenvalue weighted by atomic mass is 16.1. The first-order chi connectivity index (χ1) is 9.60. The van der Waals surface area contributed by atoms with Crippen LogP contribution in [-0.2, 0) is 11.3 Å².